The first-order valence-electron chi connectivity index (χ1n) is 8.49. The molecular formula is C12H24BrI2N8NaO6Re2S2. The number of aliphatic hydroxyl groups excluding tert-OH is 2. The van der Waals surface area contributed by atoms with Crippen LogP contribution < -0.4 is 29.6 Å². The van der Waals surface area contributed by atoms with Crippen LogP contribution in [0.4, 0.5) is 0 Å². The zero-order valence-electron chi connectivity index (χ0n) is 18.4. The summed E-state index contributed by atoms with van der Waals surface area (Å²) in [5, 5.41) is 22.2. The Hall–Kier alpha value is 2.62. The smallest absolute Gasteiger partial charge is 0.373 e. The SMILES string of the molecule is CS(=O)(=O)N1CC[C@@H](Br)[C@H](O)C1.CS(=O)(=O)N1CC[C@H](N=[N+]=[N-])[C@H](O)C1.[I][Re].[I][Re].[N-]=[N+]=[N-].[Na+]. The molecule has 4 atom stereocenters. The summed E-state index contributed by atoms with van der Waals surface area (Å²) in [6, 6.07) is -0.516. The molecule has 0 aromatic rings. The second-order valence-corrected chi connectivity index (χ2v) is 11.5. The number of rotatable bonds is 3. The Kier molecular flexibility index (Phi) is 31.7. The molecule has 2 rings (SSSR count). The minimum Gasteiger partial charge on any atom is -0.373 e. The van der Waals surface area contributed by atoms with Crippen molar-refractivity contribution in [1.82, 2.24) is 8.61 Å². The Balaban J connectivity index is -0.000000206. The van der Waals surface area contributed by atoms with Gasteiger partial charge in [-0.3, -0.25) is 4.91 Å². The molecule has 0 bridgehead atoms. The monoisotopic (exact) mass is 1170 g/mol. The molecule has 0 unspecified atom stereocenters. The molecule has 0 aromatic heterocycles. The number of alkyl halides is 1. The summed E-state index contributed by atoms with van der Waals surface area (Å²) in [6.45, 7) is 0.989. The maximum absolute atomic E-state index is 11.1. The van der Waals surface area contributed by atoms with Crippen LogP contribution in [0.2, 0.25) is 0 Å². The maximum Gasteiger partial charge on any atom is 1.00 e. The number of halogens is 3. The van der Waals surface area contributed by atoms with Crippen LogP contribution in [0, 0.1) is 0 Å². The van der Waals surface area contributed by atoms with Crippen molar-refractivity contribution in [2.75, 3.05) is 38.7 Å². The van der Waals surface area contributed by atoms with Gasteiger partial charge in [0.2, 0.25) is 20.0 Å². The molecule has 2 saturated heterocycles. The summed E-state index contributed by atoms with van der Waals surface area (Å²) in [7, 11) is -6.39. The van der Waals surface area contributed by atoms with Gasteiger partial charge in [-0.15, -0.1) is 0 Å². The summed E-state index contributed by atoms with van der Waals surface area (Å²) in [5.74, 6) is 0. The number of piperidine rings is 2. The van der Waals surface area contributed by atoms with Gasteiger partial charge in [0.1, 0.15) is 0 Å². The van der Waals surface area contributed by atoms with Crippen molar-refractivity contribution in [2.24, 2.45) is 5.11 Å². The van der Waals surface area contributed by atoms with Crippen LogP contribution in [-0.2, 0) is 51.2 Å². The Morgan fingerprint density at radius 3 is 1.56 bits per heavy atom. The van der Waals surface area contributed by atoms with Crippen LogP contribution in [0.5, 0.6) is 0 Å². The van der Waals surface area contributed by atoms with Crippen LogP contribution in [0.15, 0.2) is 5.11 Å². The molecule has 2 heterocycles. The van der Waals surface area contributed by atoms with Crippen molar-refractivity contribution in [2.45, 2.75) is 35.9 Å². The van der Waals surface area contributed by atoms with E-state index in [1.165, 1.54) is 13.5 Å². The van der Waals surface area contributed by atoms with E-state index in [0.717, 1.165) is 12.5 Å². The summed E-state index contributed by atoms with van der Waals surface area (Å²) in [4.78, 5) is 4.12. The van der Waals surface area contributed by atoms with Gasteiger partial charge in [0, 0.05) is 35.9 Å². The number of hydrogen-bond donors (Lipinski definition) is 2. The Morgan fingerprint density at radius 1 is 0.912 bits per heavy atom. The third kappa shape index (κ3) is 20.6. The van der Waals surface area contributed by atoms with Crippen LogP contribution in [0.25, 0.3) is 26.4 Å². The maximum atomic E-state index is 11.1. The van der Waals surface area contributed by atoms with Crippen LogP contribution in [0.1, 0.15) is 12.8 Å². The number of sulfonamides is 2. The average molecular weight is 1170 g/mol. The number of nitrogens with zero attached hydrogens (tertiary/aromatic N) is 8. The Bertz CT molecular complexity index is 840. The molecule has 2 N–H and O–H groups in total. The molecule has 0 aliphatic carbocycles. The van der Waals surface area contributed by atoms with E-state index in [4.69, 9.17) is 16.6 Å². The number of aliphatic hydroxyl groups is 2. The topological polar surface area (TPSA) is 223 Å². The largest absolute Gasteiger partial charge is 1.00 e. The predicted octanol–water partition coefficient (Wildman–Crippen LogP) is -0.896. The van der Waals surface area contributed by atoms with Crippen LogP contribution in [-0.4, -0.2) is 97.4 Å². The zero-order chi connectivity index (χ0) is 26.8. The molecule has 22 heteroatoms. The molecule has 0 spiro atoms. The molecule has 34 heavy (non-hydrogen) atoms. The Labute approximate surface area is 273 Å². The normalized spacial score (nSPS) is 24.6. The first kappa shape index (κ1) is 43.7. The fourth-order valence-corrected chi connectivity index (χ4v) is 4.66. The van der Waals surface area contributed by atoms with E-state index in [2.05, 4.69) is 65.0 Å². The minimum absolute atomic E-state index is 0. The number of hydrogen-bond acceptors (Lipinski definition) is 7. The fraction of sp³-hybridized carbons (Fsp3) is 1.00. The number of azide groups is 1. The van der Waals surface area contributed by atoms with Gasteiger partial charge in [-0.25, -0.2) is 16.8 Å². The molecule has 14 nitrogen and oxygen atoms in total. The average Bonchev–Trinajstić information content (AvgIpc) is 2.74. The zero-order valence-corrected chi connectivity index (χ0v) is 33.3. The quantitative estimate of drug-likeness (QED) is 0.0911. The van der Waals surface area contributed by atoms with Crippen molar-refractivity contribution < 1.29 is 87.8 Å². The fourth-order valence-electron chi connectivity index (χ4n) is 2.57. The summed E-state index contributed by atoms with van der Waals surface area (Å²) in [6.07, 6.45) is 1.77. The molecule has 0 radical (unpaired) electrons. The molecule has 2 fully saturated rings. The van der Waals surface area contributed by atoms with E-state index in [1.54, 1.807) is 31.2 Å². The van der Waals surface area contributed by atoms with Crippen molar-refractivity contribution in [1.29, 1.82) is 0 Å². The third-order valence-corrected chi connectivity index (χ3v) is 7.72. The van der Waals surface area contributed by atoms with E-state index >= 15 is 0 Å². The van der Waals surface area contributed by atoms with Crippen molar-refractivity contribution in [3.63, 3.8) is 0 Å². The molecule has 2 aliphatic rings. The number of β-amino-alcohol motifs (C(OH)–C–C–N with tert-alkyl or cyclic N) is 2. The van der Waals surface area contributed by atoms with Gasteiger partial charge in [0.25, 0.3) is 0 Å². The van der Waals surface area contributed by atoms with E-state index < -0.39 is 38.3 Å². The van der Waals surface area contributed by atoms with E-state index in [9.17, 15) is 27.0 Å². The molecule has 196 valence electrons. The van der Waals surface area contributed by atoms with Gasteiger partial charge >= 0.3 is 99.8 Å². The third-order valence-electron chi connectivity index (χ3n) is 4.11. The van der Waals surface area contributed by atoms with Gasteiger partial charge in [0.15, 0.2) is 0 Å². The van der Waals surface area contributed by atoms with Crippen molar-refractivity contribution in [3.8, 4) is 0 Å². The summed E-state index contributed by atoms with van der Waals surface area (Å²) >= 11 is 11.1. The minimum atomic E-state index is -3.26. The van der Waals surface area contributed by atoms with E-state index in [-0.39, 0.29) is 47.5 Å². The van der Waals surface area contributed by atoms with Gasteiger partial charge in [-0.05, 0) is 18.4 Å². The standard InChI is InChI=1S/C6H12BrNO3S.C6H12N4O3S.2HI.N3.Na.2Re/c1-12(10,11)8-3-2-5(7)6(9)4-8;1-14(12,13)10-3-2-5(8-9-7)6(11)4-10;;;1-3-2;;;/h5-6,9H,2-4H2,1H3;5-6,11H,2-4H2,1H3;2*1H;;;;/q;;;;-1;3*+1/p-2/t5-,6-;5-,6+;;;;;;/m10....../s1. The van der Waals surface area contributed by atoms with Crippen LogP contribution >= 0.6 is 55.0 Å². The molecule has 2 aliphatic heterocycles. The molecule has 0 aromatic carbocycles. The molecule has 0 saturated carbocycles. The van der Waals surface area contributed by atoms with Gasteiger partial charge < -0.3 is 21.3 Å². The Morgan fingerprint density at radius 2 is 1.26 bits per heavy atom. The molecule has 0 amide bonds. The van der Waals surface area contributed by atoms with Gasteiger partial charge in [-0.1, -0.05) is 21.0 Å². The van der Waals surface area contributed by atoms with Crippen LogP contribution in [0.3, 0.4) is 0 Å². The second-order valence-electron chi connectivity index (χ2n) is 6.33. The van der Waals surface area contributed by atoms with Crippen molar-refractivity contribution in [3.05, 3.63) is 26.4 Å². The summed E-state index contributed by atoms with van der Waals surface area (Å²) < 4.78 is 46.8. The summed E-state index contributed by atoms with van der Waals surface area (Å²) in [5.41, 5.74) is 21.7. The van der Waals surface area contributed by atoms with Gasteiger partial charge in [0.05, 0.1) is 30.8 Å². The van der Waals surface area contributed by atoms with E-state index in [0.29, 0.717) is 25.9 Å². The molecular weight excluding hydrogens is 1150 g/mol. The van der Waals surface area contributed by atoms with Crippen molar-refractivity contribution >= 4 is 75.0 Å². The first-order chi connectivity index (χ1) is 15.3. The second kappa shape index (κ2) is 24.7. The van der Waals surface area contributed by atoms with E-state index in [1.807, 2.05) is 0 Å². The predicted molar refractivity (Wildman–Crippen MR) is 138 cm³/mol. The first-order valence-corrected chi connectivity index (χ1v) is 28.5. The van der Waals surface area contributed by atoms with Gasteiger partial charge in [-0.2, -0.15) is 8.61 Å².